The van der Waals surface area contributed by atoms with Gasteiger partial charge in [-0.1, -0.05) is 6.07 Å². The Balaban J connectivity index is 1.15. The van der Waals surface area contributed by atoms with Gasteiger partial charge in [-0.15, -0.1) is 0 Å². The number of allylic oxidation sites excluding steroid dienone is 4. The van der Waals surface area contributed by atoms with Crippen LogP contribution in [-0.4, -0.2) is 55.8 Å². The smallest absolute Gasteiger partial charge is 0.308 e. The van der Waals surface area contributed by atoms with Crippen LogP contribution in [-0.2, 0) is 32.8 Å². The van der Waals surface area contributed by atoms with Gasteiger partial charge in [-0.3, -0.25) is 24.0 Å². The van der Waals surface area contributed by atoms with E-state index in [1.54, 1.807) is 23.6 Å². The SMILES string of the molecule is CC(=O)c1c(O)c(C)c(O)c2c1OC1=CC(=O)/C(=C(\C)Nc3ccc4c(c3)C[C@@H](C(=O)O)[C@@H]3C5CC(CN43)c3cccc(=O)n3C5)C(=O)[C@@]12C. The molecule has 2 unspecified atom stereocenters. The number of hydrogen-bond acceptors (Lipinski definition) is 10. The second kappa shape index (κ2) is 10.7. The van der Waals surface area contributed by atoms with E-state index in [0.29, 0.717) is 18.8 Å². The zero-order chi connectivity index (χ0) is 35.5. The molecule has 1 aliphatic carbocycles. The fourth-order valence-corrected chi connectivity index (χ4v) is 9.06. The average molecular weight is 678 g/mol. The number of fused-ring (bicyclic) bond motifs is 11. The number of phenols is 2. The lowest BCUT2D eigenvalue weighted by Crippen LogP contribution is -2.60. The van der Waals surface area contributed by atoms with E-state index in [1.165, 1.54) is 26.8 Å². The van der Waals surface area contributed by atoms with Gasteiger partial charge in [0.15, 0.2) is 17.3 Å². The third-order valence-electron chi connectivity index (χ3n) is 11.4. The molecule has 1 fully saturated rings. The molecule has 5 atom stereocenters. The standard InChI is InChI=1S/C38H35N3O9/c1-16-33(45)30(18(3)42)35-31(34(16)46)38(4)27(50-35)13-26(43)29(36(38)47)17(2)39-22-8-9-25-19(11-22)12-23(37(48)49)32-21-10-20(14-41(25)32)24-6-5-7-28(44)40(24)15-21/h5-9,11,13,20-21,23,32,39,45-46H,10,12,14-15H2,1-4H3,(H,48,49)/b29-17-/t20?,21?,23-,32+,38+/m1/s1. The summed E-state index contributed by atoms with van der Waals surface area (Å²) in [6.45, 7) is 6.81. The zero-order valence-corrected chi connectivity index (χ0v) is 27.9. The highest BCUT2D eigenvalue weighted by atomic mass is 16.5. The molecule has 8 rings (SSSR count). The van der Waals surface area contributed by atoms with Crippen molar-refractivity contribution in [2.24, 2.45) is 11.8 Å². The first kappa shape index (κ1) is 31.6. The highest BCUT2D eigenvalue weighted by molar-refractivity contribution is 6.31. The Hall–Kier alpha value is -5.65. The Morgan fingerprint density at radius 1 is 1.04 bits per heavy atom. The number of ether oxygens (including phenoxy) is 1. The molecule has 12 heteroatoms. The Bertz CT molecular complexity index is 2250. The van der Waals surface area contributed by atoms with Crippen molar-refractivity contribution in [3.63, 3.8) is 0 Å². The van der Waals surface area contributed by atoms with Crippen molar-refractivity contribution in [3.8, 4) is 17.2 Å². The third kappa shape index (κ3) is 4.20. The predicted molar refractivity (Wildman–Crippen MR) is 181 cm³/mol. The first-order valence-corrected chi connectivity index (χ1v) is 16.6. The van der Waals surface area contributed by atoms with Crippen molar-refractivity contribution >= 4 is 34.7 Å². The summed E-state index contributed by atoms with van der Waals surface area (Å²) in [5, 5.41) is 35.3. The number of carbonyl (C=O) groups excluding carboxylic acids is 3. The molecule has 1 saturated heterocycles. The molecule has 256 valence electrons. The minimum Gasteiger partial charge on any atom is -0.507 e. The van der Waals surface area contributed by atoms with Crippen LogP contribution in [0.3, 0.4) is 0 Å². The molecule has 4 aliphatic heterocycles. The van der Waals surface area contributed by atoms with Crippen molar-refractivity contribution in [1.29, 1.82) is 0 Å². The van der Waals surface area contributed by atoms with Crippen molar-refractivity contribution in [2.45, 2.75) is 64.5 Å². The summed E-state index contributed by atoms with van der Waals surface area (Å²) in [7, 11) is 0. The van der Waals surface area contributed by atoms with E-state index in [-0.39, 0.29) is 69.3 Å². The number of phenolic OH excluding ortho intramolecular Hbond substituents is 2. The molecule has 3 aromatic rings. The van der Waals surface area contributed by atoms with Gasteiger partial charge in [-0.05, 0) is 76.3 Å². The topological polar surface area (TPSA) is 175 Å². The van der Waals surface area contributed by atoms with E-state index in [0.717, 1.165) is 23.4 Å². The summed E-state index contributed by atoms with van der Waals surface area (Å²) >= 11 is 0. The van der Waals surface area contributed by atoms with Gasteiger partial charge in [0, 0.05) is 65.5 Å². The maximum atomic E-state index is 14.3. The van der Waals surface area contributed by atoms with Crippen molar-refractivity contribution in [3.05, 3.63) is 97.8 Å². The molecule has 0 radical (unpaired) electrons. The zero-order valence-electron chi connectivity index (χ0n) is 27.9. The van der Waals surface area contributed by atoms with Crippen molar-refractivity contribution in [1.82, 2.24) is 4.57 Å². The summed E-state index contributed by atoms with van der Waals surface area (Å²) < 4.78 is 7.66. The quantitative estimate of drug-likeness (QED) is 0.178. The lowest BCUT2D eigenvalue weighted by atomic mass is 9.70. The summed E-state index contributed by atoms with van der Waals surface area (Å²) in [5.74, 6) is -4.41. The number of pyridine rings is 1. The maximum Gasteiger partial charge on any atom is 0.308 e. The molecule has 0 amide bonds. The number of rotatable bonds is 4. The first-order chi connectivity index (χ1) is 23.7. The molecule has 1 aromatic heterocycles. The summed E-state index contributed by atoms with van der Waals surface area (Å²) in [6, 6.07) is 10.6. The maximum absolute atomic E-state index is 14.3. The first-order valence-electron chi connectivity index (χ1n) is 16.6. The molecule has 4 N–H and O–H groups in total. The monoisotopic (exact) mass is 677 g/mol. The van der Waals surface area contributed by atoms with E-state index < -0.39 is 46.2 Å². The number of carboxylic acid groups (broad SMARTS) is 1. The van der Waals surface area contributed by atoms with Crippen LogP contribution in [0.1, 0.15) is 65.9 Å². The van der Waals surface area contributed by atoms with Crippen molar-refractivity contribution in [2.75, 3.05) is 16.8 Å². The van der Waals surface area contributed by atoms with E-state index in [9.17, 15) is 39.3 Å². The molecule has 2 aromatic carbocycles. The number of carbonyl (C=O) groups is 4. The van der Waals surface area contributed by atoms with Crippen LogP contribution < -0.4 is 20.5 Å². The van der Waals surface area contributed by atoms with Crippen LogP contribution in [0.25, 0.3) is 0 Å². The minimum absolute atomic E-state index is 0.00793. The van der Waals surface area contributed by atoms with Gasteiger partial charge in [0.25, 0.3) is 5.56 Å². The van der Waals surface area contributed by atoms with E-state index >= 15 is 0 Å². The van der Waals surface area contributed by atoms with Gasteiger partial charge in [0.05, 0.1) is 17.1 Å². The number of nitrogens with zero attached hydrogens (tertiary/aromatic N) is 2. The highest BCUT2D eigenvalue weighted by Gasteiger charge is 2.56. The lowest BCUT2D eigenvalue weighted by molar-refractivity contribution is -0.143. The Morgan fingerprint density at radius 2 is 1.80 bits per heavy atom. The molecule has 12 nitrogen and oxygen atoms in total. The number of benzene rings is 2. The number of aromatic nitrogens is 1. The van der Waals surface area contributed by atoms with Gasteiger partial charge in [0.1, 0.15) is 34.0 Å². The molecule has 0 spiro atoms. The summed E-state index contributed by atoms with van der Waals surface area (Å²) in [4.78, 5) is 67.9. The van der Waals surface area contributed by atoms with E-state index in [2.05, 4.69) is 10.2 Å². The fraction of sp³-hybridized carbons (Fsp3) is 0.342. The molecular formula is C38H35N3O9. The van der Waals surface area contributed by atoms with Crippen LogP contribution >= 0.6 is 0 Å². The molecule has 50 heavy (non-hydrogen) atoms. The van der Waals surface area contributed by atoms with Gasteiger partial charge in [0.2, 0.25) is 0 Å². The van der Waals surface area contributed by atoms with Crippen molar-refractivity contribution < 1.29 is 39.2 Å². The number of aromatic hydroxyl groups is 2. The van der Waals surface area contributed by atoms with Crippen LogP contribution in [0.5, 0.6) is 17.2 Å². The minimum atomic E-state index is -1.65. The average Bonchev–Trinajstić information content (AvgIpc) is 3.36. The van der Waals surface area contributed by atoms with Crippen LogP contribution in [0.2, 0.25) is 0 Å². The molecule has 0 saturated carbocycles. The second-order valence-electron chi connectivity index (χ2n) is 14.2. The predicted octanol–water partition coefficient (Wildman–Crippen LogP) is 4.09. The number of Topliss-reactive ketones (excluding diaryl/α,β-unsaturated/α-hetero) is 2. The number of piperidine rings is 1. The summed E-state index contributed by atoms with van der Waals surface area (Å²) in [6.07, 6.45) is 2.26. The van der Waals surface area contributed by atoms with Gasteiger partial charge in [-0.2, -0.15) is 0 Å². The second-order valence-corrected chi connectivity index (χ2v) is 14.2. The van der Waals surface area contributed by atoms with Crippen LogP contribution in [0.15, 0.2) is 64.3 Å². The van der Waals surface area contributed by atoms with Gasteiger partial charge < -0.3 is 34.8 Å². The Kier molecular flexibility index (Phi) is 6.75. The number of nitrogens with one attached hydrogen (secondary N) is 1. The number of hydrogen-bond donors (Lipinski definition) is 4. The molecule has 2 bridgehead atoms. The van der Waals surface area contributed by atoms with Crippen LogP contribution in [0, 0.1) is 18.8 Å². The molecular weight excluding hydrogens is 642 g/mol. The number of carboxylic acids is 1. The molecule has 5 aliphatic rings. The van der Waals surface area contributed by atoms with Gasteiger partial charge in [-0.25, -0.2) is 0 Å². The largest absolute Gasteiger partial charge is 0.507 e. The Labute approximate surface area is 286 Å². The number of aliphatic carboxylic acids is 1. The molecule has 5 heterocycles. The lowest BCUT2D eigenvalue weighted by Gasteiger charge is -2.53. The summed E-state index contributed by atoms with van der Waals surface area (Å²) in [5.41, 5.74) is 1.45. The third-order valence-corrected chi connectivity index (χ3v) is 11.4. The highest BCUT2D eigenvalue weighted by Crippen LogP contribution is 2.57. The fourth-order valence-electron chi connectivity index (χ4n) is 9.06. The number of anilines is 2. The van der Waals surface area contributed by atoms with Gasteiger partial charge >= 0.3 is 5.97 Å². The van der Waals surface area contributed by atoms with E-state index in [4.69, 9.17) is 4.74 Å². The number of ketones is 3. The van der Waals surface area contributed by atoms with E-state index in [1.807, 2.05) is 24.3 Å². The normalized spacial score (nSPS) is 26.8. The van der Waals surface area contributed by atoms with Crippen LogP contribution in [0.4, 0.5) is 11.4 Å². The Morgan fingerprint density at radius 3 is 2.52 bits per heavy atom.